The van der Waals surface area contributed by atoms with Gasteiger partial charge in [-0.3, -0.25) is 9.78 Å². The van der Waals surface area contributed by atoms with Crippen LogP contribution in [-0.4, -0.2) is 20.9 Å². The molecule has 6 nitrogen and oxygen atoms in total. The maximum absolute atomic E-state index is 12.3. The van der Waals surface area contributed by atoms with E-state index < -0.39 is 0 Å². The third-order valence-corrected chi connectivity index (χ3v) is 5.17. The van der Waals surface area contributed by atoms with Gasteiger partial charge < -0.3 is 10.1 Å². The molecule has 29 heavy (non-hydrogen) atoms. The molecule has 144 valence electrons. The number of aryl methyl sites for hydroxylation is 2. The summed E-state index contributed by atoms with van der Waals surface area (Å²) in [7, 11) is 0. The van der Waals surface area contributed by atoms with E-state index in [1.807, 2.05) is 37.4 Å². The smallest absolute Gasteiger partial charge is 0.265 e. The van der Waals surface area contributed by atoms with Crippen molar-refractivity contribution in [3.05, 3.63) is 82.4 Å². The Morgan fingerprint density at radius 3 is 2.59 bits per heavy atom. The number of hydrogen-bond donors (Lipinski definition) is 1. The molecule has 1 aromatic carbocycles. The highest BCUT2D eigenvalue weighted by molar-refractivity contribution is 7.12. The molecule has 0 spiro atoms. The van der Waals surface area contributed by atoms with Gasteiger partial charge in [-0.1, -0.05) is 0 Å². The molecule has 1 amide bonds. The first-order valence-electron chi connectivity index (χ1n) is 8.98. The predicted molar refractivity (Wildman–Crippen MR) is 114 cm³/mol. The standard InChI is InChI=1S/C22H18N4O2S/c1-14-9-11-29-20(14)22(27)25-17-5-7-18(8-6-17)28-19-12-15(2)24-21(26-19)16-4-3-10-23-13-16/h3-13H,1-2H3,(H,25,27). The number of rotatable bonds is 5. The van der Waals surface area contributed by atoms with E-state index in [1.165, 1.54) is 11.3 Å². The van der Waals surface area contributed by atoms with Gasteiger partial charge in [0.05, 0.1) is 4.88 Å². The van der Waals surface area contributed by atoms with Crippen LogP contribution in [-0.2, 0) is 0 Å². The molecule has 4 aromatic rings. The Kier molecular flexibility index (Phi) is 5.31. The quantitative estimate of drug-likeness (QED) is 0.493. The zero-order valence-corrected chi connectivity index (χ0v) is 16.7. The summed E-state index contributed by atoms with van der Waals surface area (Å²) in [4.78, 5) is 26.1. The average molecular weight is 402 g/mol. The highest BCUT2D eigenvalue weighted by Crippen LogP contribution is 2.25. The van der Waals surface area contributed by atoms with Crippen molar-refractivity contribution in [1.29, 1.82) is 0 Å². The zero-order chi connectivity index (χ0) is 20.2. The van der Waals surface area contributed by atoms with Crippen LogP contribution < -0.4 is 10.1 Å². The lowest BCUT2D eigenvalue weighted by molar-refractivity contribution is 0.103. The third kappa shape index (κ3) is 4.47. The fourth-order valence-corrected chi connectivity index (χ4v) is 3.56. The second kappa shape index (κ2) is 8.20. The van der Waals surface area contributed by atoms with Crippen molar-refractivity contribution in [1.82, 2.24) is 15.0 Å². The molecule has 1 N–H and O–H groups in total. The molecular formula is C22H18N4O2S. The number of nitrogens with zero attached hydrogens (tertiary/aromatic N) is 3. The largest absolute Gasteiger partial charge is 0.439 e. The van der Waals surface area contributed by atoms with Crippen LogP contribution in [0.3, 0.4) is 0 Å². The van der Waals surface area contributed by atoms with Gasteiger partial charge in [-0.05, 0) is 67.3 Å². The van der Waals surface area contributed by atoms with Crippen molar-refractivity contribution in [3.63, 3.8) is 0 Å². The molecule has 0 unspecified atom stereocenters. The monoisotopic (exact) mass is 402 g/mol. The zero-order valence-electron chi connectivity index (χ0n) is 15.9. The minimum Gasteiger partial charge on any atom is -0.439 e. The van der Waals surface area contributed by atoms with Gasteiger partial charge in [-0.2, -0.15) is 4.98 Å². The summed E-state index contributed by atoms with van der Waals surface area (Å²) in [5, 5.41) is 4.81. The molecule has 0 atom stereocenters. The van der Waals surface area contributed by atoms with Gasteiger partial charge in [-0.25, -0.2) is 4.98 Å². The second-order valence-electron chi connectivity index (χ2n) is 6.43. The van der Waals surface area contributed by atoms with Crippen molar-refractivity contribution < 1.29 is 9.53 Å². The van der Waals surface area contributed by atoms with E-state index in [1.54, 1.807) is 42.7 Å². The summed E-state index contributed by atoms with van der Waals surface area (Å²) in [6, 6.07) is 14.6. The SMILES string of the molecule is Cc1cc(Oc2ccc(NC(=O)c3sccc3C)cc2)nc(-c2cccnc2)n1. The van der Waals surface area contributed by atoms with Crippen LogP contribution >= 0.6 is 11.3 Å². The van der Waals surface area contributed by atoms with Gasteiger partial charge >= 0.3 is 0 Å². The van der Waals surface area contributed by atoms with Crippen molar-refractivity contribution in [2.45, 2.75) is 13.8 Å². The Morgan fingerprint density at radius 1 is 1.07 bits per heavy atom. The lowest BCUT2D eigenvalue weighted by Crippen LogP contribution is -2.11. The summed E-state index contributed by atoms with van der Waals surface area (Å²) in [6.45, 7) is 3.81. The number of benzene rings is 1. The van der Waals surface area contributed by atoms with Crippen molar-refractivity contribution >= 4 is 22.9 Å². The molecule has 0 aliphatic heterocycles. The van der Waals surface area contributed by atoms with Gasteiger partial charge in [0.1, 0.15) is 5.75 Å². The Balaban J connectivity index is 1.48. The van der Waals surface area contributed by atoms with E-state index in [-0.39, 0.29) is 5.91 Å². The van der Waals surface area contributed by atoms with Crippen LogP contribution in [0.1, 0.15) is 20.9 Å². The van der Waals surface area contributed by atoms with Crippen LogP contribution in [0.2, 0.25) is 0 Å². The minimum absolute atomic E-state index is 0.112. The Bertz CT molecular complexity index is 1140. The van der Waals surface area contributed by atoms with Crippen LogP contribution in [0.4, 0.5) is 5.69 Å². The maximum Gasteiger partial charge on any atom is 0.265 e. The van der Waals surface area contributed by atoms with Crippen LogP contribution in [0.15, 0.2) is 66.3 Å². The highest BCUT2D eigenvalue weighted by atomic mass is 32.1. The fraction of sp³-hybridized carbons (Fsp3) is 0.0909. The average Bonchev–Trinajstić information content (AvgIpc) is 3.16. The number of thiophene rings is 1. The first-order chi connectivity index (χ1) is 14.1. The van der Waals surface area contributed by atoms with Gasteiger partial charge in [0.2, 0.25) is 5.88 Å². The Morgan fingerprint density at radius 2 is 1.90 bits per heavy atom. The van der Waals surface area contributed by atoms with Crippen LogP contribution in [0, 0.1) is 13.8 Å². The van der Waals surface area contributed by atoms with E-state index in [2.05, 4.69) is 20.3 Å². The number of carbonyl (C=O) groups excluding carboxylic acids is 1. The number of aromatic nitrogens is 3. The normalized spacial score (nSPS) is 10.6. The molecule has 3 heterocycles. The van der Waals surface area contributed by atoms with Crippen LogP contribution in [0.5, 0.6) is 11.6 Å². The van der Waals surface area contributed by atoms with E-state index in [0.29, 0.717) is 28.0 Å². The van der Waals surface area contributed by atoms with Crippen molar-refractivity contribution in [2.75, 3.05) is 5.32 Å². The maximum atomic E-state index is 12.3. The fourth-order valence-electron chi connectivity index (χ4n) is 2.74. The summed E-state index contributed by atoms with van der Waals surface area (Å²) in [5.74, 6) is 1.51. The second-order valence-corrected chi connectivity index (χ2v) is 7.34. The molecular weight excluding hydrogens is 384 g/mol. The summed E-state index contributed by atoms with van der Waals surface area (Å²) in [5.41, 5.74) is 3.29. The van der Waals surface area contributed by atoms with Gasteiger partial charge in [0, 0.05) is 35.4 Å². The van der Waals surface area contributed by atoms with Gasteiger partial charge in [0.25, 0.3) is 5.91 Å². The Hall–Kier alpha value is -3.58. The molecule has 0 saturated carbocycles. The predicted octanol–water partition coefficient (Wildman–Crippen LogP) is 5.26. The lowest BCUT2D eigenvalue weighted by Gasteiger charge is -2.09. The van der Waals surface area contributed by atoms with Crippen molar-refractivity contribution in [3.8, 4) is 23.0 Å². The topological polar surface area (TPSA) is 77.0 Å². The molecule has 0 bridgehead atoms. The van der Waals surface area contributed by atoms with Gasteiger partial charge in [0.15, 0.2) is 5.82 Å². The molecule has 0 fully saturated rings. The van der Waals surface area contributed by atoms with E-state index >= 15 is 0 Å². The number of anilines is 1. The number of ether oxygens (including phenoxy) is 1. The molecule has 0 saturated heterocycles. The number of pyridine rings is 1. The highest BCUT2D eigenvalue weighted by Gasteiger charge is 2.11. The molecule has 4 rings (SSSR count). The van der Waals surface area contributed by atoms with E-state index in [9.17, 15) is 4.79 Å². The van der Waals surface area contributed by atoms with E-state index in [4.69, 9.17) is 4.74 Å². The van der Waals surface area contributed by atoms with Gasteiger partial charge in [-0.15, -0.1) is 11.3 Å². The molecule has 0 aliphatic rings. The number of nitrogens with one attached hydrogen (secondary N) is 1. The first-order valence-corrected chi connectivity index (χ1v) is 9.86. The van der Waals surface area contributed by atoms with Crippen LogP contribution in [0.25, 0.3) is 11.4 Å². The molecule has 0 aliphatic carbocycles. The lowest BCUT2D eigenvalue weighted by atomic mass is 10.2. The summed E-state index contributed by atoms with van der Waals surface area (Å²) >= 11 is 1.43. The summed E-state index contributed by atoms with van der Waals surface area (Å²) in [6.07, 6.45) is 3.42. The number of amides is 1. The summed E-state index contributed by atoms with van der Waals surface area (Å²) < 4.78 is 5.89. The number of carbonyl (C=O) groups is 1. The van der Waals surface area contributed by atoms with E-state index in [0.717, 1.165) is 16.8 Å². The molecule has 0 radical (unpaired) electrons. The molecule has 7 heteroatoms. The minimum atomic E-state index is -0.112. The Labute approximate surface area is 172 Å². The molecule has 3 aromatic heterocycles. The third-order valence-electron chi connectivity index (χ3n) is 4.15. The number of hydrogen-bond acceptors (Lipinski definition) is 6. The van der Waals surface area contributed by atoms with Crippen molar-refractivity contribution in [2.24, 2.45) is 0 Å². The first kappa shape index (κ1) is 18.8.